The average molecular weight is 487 g/mol. The minimum Gasteiger partial charge on any atom is -0.449 e. The van der Waals surface area contributed by atoms with Crippen LogP contribution in [0, 0.1) is 0 Å². The van der Waals surface area contributed by atoms with Gasteiger partial charge in [0.25, 0.3) is 5.95 Å². The Hall–Kier alpha value is -3.98. The van der Waals surface area contributed by atoms with E-state index in [4.69, 9.17) is 4.74 Å². The number of nitrogens with one attached hydrogen (secondary N) is 3. The number of hydrogen-bond acceptors (Lipinski definition) is 10. The summed E-state index contributed by atoms with van der Waals surface area (Å²) in [5, 5.41) is 19.9. The number of hydrogen-bond donors (Lipinski definition) is 3. The molecule has 0 fully saturated rings. The van der Waals surface area contributed by atoms with Crippen LogP contribution in [0.15, 0.2) is 41.7 Å². The van der Waals surface area contributed by atoms with E-state index >= 15 is 0 Å². The first-order chi connectivity index (χ1) is 16.1. The number of pyridine rings is 2. The van der Waals surface area contributed by atoms with E-state index < -0.39 is 21.7 Å². The zero-order valence-corrected chi connectivity index (χ0v) is 19.4. The van der Waals surface area contributed by atoms with Gasteiger partial charge in [-0.1, -0.05) is 5.21 Å². The van der Waals surface area contributed by atoms with Crippen molar-refractivity contribution in [3.63, 3.8) is 0 Å². The third-order valence-corrected chi connectivity index (χ3v) is 6.02. The average Bonchev–Trinajstić information content (AvgIpc) is 3.41. The number of nitrogens with zero attached hydrogens (tertiary/aromatic N) is 7. The molecule has 4 heterocycles. The fraction of sp³-hybridized carbons (Fsp3) is 0.316. The van der Waals surface area contributed by atoms with Crippen molar-refractivity contribution < 1.29 is 17.9 Å². The first kappa shape index (κ1) is 23.2. The van der Waals surface area contributed by atoms with Crippen LogP contribution in [0.4, 0.5) is 10.7 Å². The molecule has 0 aliphatic carbocycles. The molecule has 0 bridgehead atoms. The van der Waals surface area contributed by atoms with Gasteiger partial charge in [0.05, 0.1) is 0 Å². The predicted octanol–water partition coefficient (Wildman–Crippen LogP) is 1.17. The molecule has 0 saturated carbocycles. The molecule has 0 spiro atoms. The molecule has 14 nitrogen and oxygen atoms in total. The Kier molecular flexibility index (Phi) is 6.21. The molecule has 34 heavy (non-hydrogen) atoms. The second-order valence-electron chi connectivity index (χ2n) is 8.26. The number of carbonyl (C=O) groups is 1. The van der Waals surface area contributed by atoms with E-state index in [0.29, 0.717) is 29.0 Å². The molecule has 4 aromatic rings. The van der Waals surface area contributed by atoms with Gasteiger partial charge in [0.2, 0.25) is 10.0 Å². The second-order valence-corrected chi connectivity index (χ2v) is 9.94. The van der Waals surface area contributed by atoms with E-state index in [0.717, 1.165) is 0 Å². The second kappa shape index (κ2) is 9.11. The number of H-pyrrole nitrogens is 1. The van der Waals surface area contributed by atoms with Crippen LogP contribution < -0.4 is 10.0 Å². The van der Waals surface area contributed by atoms with E-state index in [9.17, 15) is 13.2 Å². The van der Waals surface area contributed by atoms with E-state index in [1.807, 2.05) is 0 Å². The highest BCUT2D eigenvalue weighted by molar-refractivity contribution is 7.89. The first-order valence-corrected chi connectivity index (χ1v) is 11.6. The summed E-state index contributed by atoms with van der Waals surface area (Å²) in [5.74, 6) is 0.470. The Morgan fingerprint density at radius 1 is 1.21 bits per heavy atom. The number of sulfonamides is 1. The summed E-state index contributed by atoms with van der Waals surface area (Å²) in [4.78, 5) is 20.3. The van der Waals surface area contributed by atoms with Gasteiger partial charge in [-0.2, -0.15) is 10.2 Å². The summed E-state index contributed by atoms with van der Waals surface area (Å²) in [7, 11) is -3.74. The number of tetrazole rings is 1. The standard InChI is InChI=1S/C19H22N10O4S/c1-19(2,3)26-34(31,32)14-8-13(9-20-10-14)12-4-5-16-21-17(25-29(16)11-12)22-18(30)33-7-6-15-23-27-28-24-15/h4-5,8-11,26H,6-7H2,1-3H3,(H,22,25,30)(H,23,24,27,28). The Balaban J connectivity index is 1.47. The molecule has 0 radical (unpaired) electrons. The van der Waals surface area contributed by atoms with Gasteiger partial charge in [-0.3, -0.25) is 10.3 Å². The van der Waals surface area contributed by atoms with Gasteiger partial charge in [-0.05, 0) is 39.0 Å². The molecule has 4 rings (SSSR count). The summed E-state index contributed by atoms with van der Waals surface area (Å²) >= 11 is 0. The number of rotatable bonds is 7. The SMILES string of the molecule is CC(C)(C)NS(=O)(=O)c1cncc(-c2ccc3nc(NC(=O)OCCc4nn[nH]n4)nn3c2)c1. The normalized spacial score (nSPS) is 12.1. The van der Waals surface area contributed by atoms with Crippen LogP contribution in [0.2, 0.25) is 0 Å². The number of amides is 1. The zero-order valence-electron chi connectivity index (χ0n) is 18.6. The van der Waals surface area contributed by atoms with Gasteiger partial charge < -0.3 is 4.74 Å². The van der Waals surface area contributed by atoms with Gasteiger partial charge >= 0.3 is 6.09 Å². The molecular formula is C19H22N10O4S. The van der Waals surface area contributed by atoms with Crippen molar-refractivity contribution in [2.75, 3.05) is 11.9 Å². The summed E-state index contributed by atoms with van der Waals surface area (Å²) in [5.41, 5.74) is 1.07. The number of anilines is 1. The summed E-state index contributed by atoms with van der Waals surface area (Å²) in [6, 6.07) is 4.96. The highest BCUT2D eigenvalue weighted by Crippen LogP contribution is 2.23. The van der Waals surface area contributed by atoms with Gasteiger partial charge in [-0.25, -0.2) is 22.4 Å². The molecular weight excluding hydrogens is 464 g/mol. The molecule has 0 saturated heterocycles. The van der Waals surface area contributed by atoms with Crippen molar-refractivity contribution in [3.8, 4) is 11.1 Å². The fourth-order valence-electron chi connectivity index (χ4n) is 2.94. The van der Waals surface area contributed by atoms with Crippen molar-refractivity contribution in [1.29, 1.82) is 0 Å². The maximum absolute atomic E-state index is 12.6. The Morgan fingerprint density at radius 2 is 2.03 bits per heavy atom. The Labute approximate surface area is 194 Å². The van der Waals surface area contributed by atoms with Crippen LogP contribution in [-0.2, 0) is 21.2 Å². The van der Waals surface area contributed by atoms with E-state index in [1.54, 1.807) is 45.3 Å². The smallest absolute Gasteiger partial charge is 0.414 e. The lowest BCUT2D eigenvalue weighted by Crippen LogP contribution is -2.40. The molecule has 0 unspecified atom stereocenters. The van der Waals surface area contributed by atoms with Crippen LogP contribution in [0.5, 0.6) is 0 Å². The van der Waals surface area contributed by atoms with E-state index in [1.165, 1.54) is 16.8 Å². The molecule has 0 aliphatic heterocycles. The predicted molar refractivity (Wildman–Crippen MR) is 119 cm³/mol. The first-order valence-electron chi connectivity index (χ1n) is 10.1. The van der Waals surface area contributed by atoms with Crippen molar-refractivity contribution in [1.82, 2.24) is 44.9 Å². The van der Waals surface area contributed by atoms with Gasteiger partial charge in [0.15, 0.2) is 11.5 Å². The van der Waals surface area contributed by atoms with Crippen molar-refractivity contribution >= 4 is 27.7 Å². The molecule has 4 aromatic heterocycles. The largest absolute Gasteiger partial charge is 0.449 e. The third-order valence-electron chi connectivity index (χ3n) is 4.29. The van der Waals surface area contributed by atoms with Gasteiger partial charge in [0.1, 0.15) is 11.5 Å². The molecule has 0 atom stereocenters. The molecule has 0 aliphatic rings. The monoisotopic (exact) mass is 486 g/mol. The molecule has 3 N–H and O–H groups in total. The molecule has 15 heteroatoms. The summed E-state index contributed by atoms with van der Waals surface area (Å²) < 4.78 is 34.4. The van der Waals surface area contributed by atoms with E-state index in [-0.39, 0.29) is 17.5 Å². The Bertz CT molecular complexity index is 1410. The molecule has 178 valence electrons. The van der Waals surface area contributed by atoms with Crippen molar-refractivity contribution in [2.24, 2.45) is 0 Å². The van der Waals surface area contributed by atoms with Gasteiger partial charge in [-0.15, -0.1) is 15.3 Å². The number of ether oxygens (including phenoxy) is 1. The van der Waals surface area contributed by atoms with Crippen molar-refractivity contribution in [2.45, 2.75) is 37.6 Å². The van der Waals surface area contributed by atoms with Crippen LogP contribution in [-0.4, -0.2) is 66.9 Å². The minimum atomic E-state index is -3.74. The number of aromatic nitrogens is 8. The maximum atomic E-state index is 12.6. The third kappa shape index (κ3) is 5.68. The lowest BCUT2D eigenvalue weighted by atomic mass is 10.1. The highest BCUT2D eigenvalue weighted by Gasteiger charge is 2.22. The Morgan fingerprint density at radius 3 is 2.76 bits per heavy atom. The van der Waals surface area contributed by atoms with Crippen LogP contribution in [0.25, 0.3) is 16.8 Å². The summed E-state index contributed by atoms with van der Waals surface area (Å²) in [6.45, 7) is 5.33. The van der Waals surface area contributed by atoms with Gasteiger partial charge in [0, 0.05) is 41.7 Å². The minimum absolute atomic E-state index is 0.0459. The zero-order chi connectivity index (χ0) is 24.3. The van der Waals surface area contributed by atoms with Crippen molar-refractivity contribution in [3.05, 3.63) is 42.6 Å². The van der Waals surface area contributed by atoms with E-state index in [2.05, 4.69) is 45.7 Å². The quantitative estimate of drug-likeness (QED) is 0.343. The number of fused-ring (bicyclic) bond motifs is 1. The number of aromatic amines is 1. The fourth-order valence-corrected chi connectivity index (χ4v) is 4.35. The maximum Gasteiger partial charge on any atom is 0.414 e. The number of carbonyl (C=O) groups excluding carboxylic acids is 1. The van der Waals surface area contributed by atoms with Crippen LogP contribution in [0.1, 0.15) is 26.6 Å². The molecule has 0 aromatic carbocycles. The highest BCUT2D eigenvalue weighted by atomic mass is 32.2. The molecule has 1 amide bonds. The lowest BCUT2D eigenvalue weighted by molar-refractivity contribution is 0.162. The topological polar surface area (TPSA) is 182 Å². The lowest BCUT2D eigenvalue weighted by Gasteiger charge is -2.20. The summed E-state index contributed by atoms with van der Waals surface area (Å²) in [6.07, 6.45) is 4.07. The van der Waals surface area contributed by atoms with Crippen LogP contribution >= 0.6 is 0 Å². The van der Waals surface area contributed by atoms with Crippen LogP contribution in [0.3, 0.4) is 0 Å².